The Morgan fingerprint density at radius 3 is 2.78 bits per heavy atom. The number of para-hydroxylation sites is 2. The molecule has 0 bridgehead atoms. The summed E-state index contributed by atoms with van der Waals surface area (Å²) in [6.07, 6.45) is 0. The van der Waals surface area contributed by atoms with Gasteiger partial charge in [0.1, 0.15) is 12.4 Å². The van der Waals surface area contributed by atoms with E-state index in [2.05, 4.69) is 10.5 Å². The maximum atomic E-state index is 12.8. The van der Waals surface area contributed by atoms with Crippen LogP contribution in [0.25, 0.3) is 11.3 Å². The quantitative estimate of drug-likeness (QED) is 0.711. The fourth-order valence-corrected chi connectivity index (χ4v) is 2.92. The number of hydrogen-bond acceptors (Lipinski definition) is 6. The topological polar surface area (TPSA) is 90.7 Å². The van der Waals surface area contributed by atoms with E-state index in [1.165, 1.54) is 0 Å². The monoisotopic (exact) mass is 364 g/mol. The van der Waals surface area contributed by atoms with E-state index in [4.69, 9.17) is 14.0 Å². The second kappa shape index (κ2) is 6.95. The molecule has 0 saturated heterocycles. The number of nitrogens with one attached hydrogen (secondary N) is 1. The van der Waals surface area contributed by atoms with Gasteiger partial charge in [0.05, 0.1) is 29.0 Å². The highest BCUT2D eigenvalue weighted by Gasteiger charge is 2.29. The van der Waals surface area contributed by atoms with Crippen molar-refractivity contribution in [1.29, 1.82) is 0 Å². The van der Waals surface area contributed by atoms with E-state index in [9.17, 15) is 9.59 Å². The summed E-state index contributed by atoms with van der Waals surface area (Å²) < 4.78 is 16.1. The average molecular weight is 364 g/mol. The maximum Gasteiger partial charge on any atom is 0.340 e. The van der Waals surface area contributed by atoms with Gasteiger partial charge in [-0.3, -0.25) is 4.79 Å². The summed E-state index contributed by atoms with van der Waals surface area (Å²) in [6, 6.07) is 14.0. The summed E-state index contributed by atoms with van der Waals surface area (Å²) in [6.45, 7) is 2.14. The normalized spacial score (nSPS) is 11.7. The summed E-state index contributed by atoms with van der Waals surface area (Å²) in [5.41, 5.74) is 2.05. The molecule has 1 aliphatic rings. The Kier molecular flexibility index (Phi) is 4.33. The molecule has 27 heavy (non-hydrogen) atoms. The lowest BCUT2D eigenvalue weighted by Gasteiger charge is -2.16. The lowest BCUT2D eigenvalue weighted by molar-refractivity contribution is 0.0527. The molecule has 0 unspecified atom stereocenters. The zero-order valence-corrected chi connectivity index (χ0v) is 14.5. The molecule has 1 amide bonds. The molecule has 7 nitrogen and oxygen atoms in total. The zero-order valence-electron chi connectivity index (χ0n) is 14.5. The van der Waals surface area contributed by atoms with Gasteiger partial charge in [-0.2, -0.15) is 0 Å². The number of fused-ring (bicyclic) bond motifs is 3. The molecule has 0 spiro atoms. The molecule has 136 valence electrons. The van der Waals surface area contributed by atoms with Crippen LogP contribution >= 0.6 is 0 Å². The van der Waals surface area contributed by atoms with Gasteiger partial charge in [-0.15, -0.1) is 0 Å². The van der Waals surface area contributed by atoms with Crippen molar-refractivity contribution in [3.63, 3.8) is 0 Å². The van der Waals surface area contributed by atoms with Gasteiger partial charge in [-0.05, 0) is 31.2 Å². The van der Waals surface area contributed by atoms with Crippen molar-refractivity contribution >= 4 is 17.6 Å². The van der Waals surface area contributed by atoms with Crippen molar-refractivity contribution in [3.8, 4) is 17.1 Å². The Balaban J connectivity index is 1.64. The Hall–Kier alpha value is -3.61. The average Bonchev–Trinajstić information content (AvgIpc) is 3.13. The van der Waals surface area contributed by atoms with Crippen molar-refractivity contribution in [2.45, 2.75) is 13.5 Å². The SMILES string of the molecule is CCOC(=O)c1ccccc1NC(=O)c1noc2c1COc1ccccc1-2. The number of aromatic nitrogens is 1. The van der Waals surface area contributed by atoms with Crippen LogP contribution in [0.3, 0.4) is 0 Å². The number of hydrogen-bond donors (Lipinski definition) is 1. The summed E-state index contributed by atoms with van der Waals surface area (Å²) in [5, 5.41) is 6.63. The summed E-state index contributed by atoms with van der Waals surface area (Å²) in [4.78, 5) is 24.8. The molecule has 1 aliphatic heterocycles. The van der Waals surface area contributed by atoms with Crippen molar-refractivity contribution in [2.75, 3.05) is 11.9 Å². The number of ether oxygens (including phenoxy) is 2. The molecule has 0 saturated carbocycles. The predicted molar refractivity (Wildman–Crippen MR) is 96.6 cm³/mol. The van der Waals surface area contributed by atoms with Gasteiger partial charge in [-0.1, -0.05) is 29.4 Å². The fourth-order valence-electron chi connectivity index (χ4n) is 2.92. The first-order valence-corrected chi connectivity index (χ1v) is 8.47. The Bertz CT molecular complexity index is 1020. The van der Waals surface area contributed by atoms with Crippen LogP contribution in [-0.2, 0) is 11.3 Å². The summed E-state index contributed by atoms with van der Waals surface area (Å²) in [7, 11) is 0. The van der Waals surface area contributed by atoms with E-state index < -0.39 is 11.9 Å². The Labute approximate surface area is 154 Å². The number of rotatable bonds is 4. The number of esters is 1. The molecule has 2 aromatic carbocycles. The molecule has 2 heterocycles. The molecular weight excluding hydrogens is 348 g/mol. The highest BCUT2D eigenvalue weighted by atomic mass is 16.5. The number of carbonyl (C=O) groups is 2. The highest BCUT2D eigenvalue weighted by molar-refractivity contribution is 6.08. The molecule has 1 aromatic heterocycles. The molecule has 1 N–H and O–H groups in total. The maximum absolute atomic E-state index is 12.8. The summed E-state index contributed by atoms with van der Waals surface area (Å²) >= 11 is 0. The van der Waals surface area contributed by atoms with Crippen molar-refractivity contribution < 1.29 is 23.6 Å². The first-order chi connectivity index (χ1) is 13.2. The van der Waals surface area contributed by atoms with E-state index in [-0.39, 0.29) is 24.5 Å². The number of benzene rings is 2. The lowest BCUT2D eigenvalue weighted by Crippen LogP contribution is -2.18. The lowest BCUT2D eigenvalue weighted by atomic mass is 10.0. The smallest absolute Gasteiger partial charge is 0.340 e. The molecular formula is C20H16N2O5. The molecule has 0 atom stereocenters. The molecule has 0 fully saturated rings. The zero-order chi connectivity index (χ0) is 18.8. The Morgan fingerprint density at radius 1 is 1.15 bits per heavy atom. The van der Waals surface area contributed by atoms with Crippen LogP contribution in [0.15, 0.2) is 53.1 Å². The first kappa shape index (κ1) is 16.8. The third-order valence-corrected chi connectivity index (χ3v) is 4.18. The number of carbonyl (C=O) groups excluding carboxylic acids is 2. The van der Waals surface area contributed by atoms with Crippen molar-refractivity contribution in [2.24, 2.45) is 0 Å². The largest absolute Gasteiger partial charge is 0.488 e. The minimum atomic E-state index is -0.507. The number of nitrogens with zero attached hydrogens (tertiary/aromatic N) is 1. The van der Waals surface area contributed by atoms with Crippen molar-refractivity contribution in [1.82, 2.24) is 5.16 Å². The van der Waals surface area contributed by atoms with Crippen LogP contribution in [0, 0.1) is 0 Å². The van der Waals surface area contributed by atoms with Gasteiger partial charge in [0.15, 0.2) is 11.5 Å². The molecule has 7 heteroatoms. The third kappa shape index (κ3) is 3.03. The van der Waals surface area contributed by atoms with E-state index in [0.717, 1.165) is 5.56 Å². The highest BCUT2D eigenvalue weighted by Crippen LogP contribution is 2.38. The standard InChI is InChI=1S/C20H16N2O5/c1-2-25-20(24)12-7-3-5-9-15(12)21-19(23)17-14-11-26-16-10-6-4-8-13(16)18(14)27-22-17/h3-10H,2,11H2,1H3,(H,21,23). The van der Waals surface area contributed by atoms with Crippen LogP contribution in [0.4, 0.5) is 5.69 Å². The number of anilines is 1. The van der Waals surface area contributed by atoms with Crippen LogP contribution in [0.2, 0.25) is 0 Å². The molecule has 0 radical (unpaired) electrons. The van der Waals surface area contributed by atoms with E-state index in [1.54, 1.807) is 31.2 Å². The number of amides is 1. The van der Waals surface area contributed by atoms with Gasteiger partial charge in [-0.25, -0.2) is 4.79 Å². The second-order valence-electron chi connectivity index (χ2n) is 5.84. The second-order valence-corrected chi connectivity index (χ2v) is 5.84. The van der Waals surface area contributed by atoms with Crippen LogP contribution in [-0.4, -0.2) is 23.6 Å². The predicted octanol–water partition coefficient (Wildman–Crippen LogP) is 3.66. The molecule has 0 aliphatic carbocycles. The van der Waals surface area contributed by atoms with Gasteiger partial charge in [0.2, 0.25) is 0 Å². The van der Waals surface area contributed by atoms with Gasteiger partial charge < -0.3 is 19.3 Å². The molecule has 4 rings (SSSR count). The van der Waals surface area contributed by atoms with Gasteiger partial charge in [0.25, 0.3) is 5.91 Å². The van der Waals surface area contributed by atoms with E-state index in [1.807, 2.05) is 24.3 Å². The molecule has 3 aromatic rings. The van der Waals surface area contributed by atoms with Crippen LogP contribution in [0.5, 0.6) is 5.75 Å². The van der Waals surface area contributed by atoms with Crippen molar-refractivity contribution in [3.05, 3.63) is 65.4 Å². The fraction of sp³-hybridized carbons (Fsp3) is 0.150. The minimum Gasteiger partial charge on any atom is -0.488 e. The van der Waals surface area contributed by atoms with Crippen LogP contribution < -0.4 is 10.1 Å². The van der Waals surface area contributed by atoms with E-state index >= 15 is 0 Å². The third-order valence-electron chi connectivity index (χ3n) is 4.18. The first-order valence-electron chi connectivity index (χ1n) is 8.47. The van der Waals surface area contributed by atoms with Gasteiger partial charge in [0, 0.05) is 0 Å². The minimum absolute atomic E-state index is 0.123. The summed E-state index contributed by atoms with van der Waals surface area (Å²) in [5.74, 6) is 0.203. The van der Waals surface area contributed by atoms with E-state index in [0.29, 0.717) is 22.8 Å². The van der Waals surface area contributed by atoms with Crippen LogP contribution in [0.1, 0.15) is 33.3 Å². The Morgan fingerprint density at radius 2 is 1.93 bits per heavy atom. The van der Waals surface area contributed by atoms with Gasteiger partial charge >= 0.3 is 5.97 Å².